The van der Waals surface area contributed by atoms with Gasteiger partial charge in [-0.3, -0.25) is 9.59 Å². The lowest BCUT2D eigenvalue weighted by molar-refractivity contribution is -0.140. The van der Waals surface area contributed by atoms with Crippen LogP contribution in [0, 0.1) is 0 Å². The van der Waals surface area contributed by atoms with Gasteiger partial charge in [0.1, 0.15) is 6.04 Å². The molecule has 2 aromatic rings. The summed E-state index contributed by atoms with van der Waals surface area (Å²) in [5.74, 6) is -0.0667. The highest BCUT2D eigenvalue weighted by atomic mass is 16.2. The summed E-state index contributed by atoms with van der Waals surface area (Å²) >= 11 is 0. The lowest BCUT2D eigenvalue weighted by Gasteiger charge is -2.30. The molecule has 0 aliphatic heterocycles. The fourth-order valence-electron chi connectivity index (χ4n) is 3.60. The molecule has 0 unspecified atom stereocenters. The third kappa shape index (κ3) is 7.81. The van der Waals surface area contributed by atoms with Crippen LogP contribution in [-0.2, 0) is 27.8 Å². The first-order valence-corrected chi connectivity index (χ1v) is 11.8. The molecular weight excluding hydrogens is 396 g/mol. The first kappa shape index (κ1) is 25.6. The van der Waals surface area contributed by atoms with Crippen molar-refractivity contribution in [2.75, 3.05) is 6.54 Å². The number of benzene rings is 2. The van der Waals surface area contributed by atoms with E-state index in [0.29, 0.717) is 19.4 Å². The molecule has 4 heteroatoms. The van der Waals surface area contributed by atoms with Crippen LogP contribution < -0.4 is 5.32 Å². The highest BCUT2D eigenvalue weighted by Crippen LogP contribution is 2.22. The predicted molar refractivity (Wildman–Crippen MR) is 133 cm³/mol. The minimum Gasteiger partial charge on any atom is -0.352 e. The highest BCUT2D eigenvalue weighted by Gasteiger charge is 2.26. The summed E-state index contributed by atoms with van der Waals surface area (Å²) in [6.45, 7) is 13.0. The molecule has 2 aromatic carbocycles. The molecular formula is C28H40N2O2. The third-order valence-electron chi connectivity index (χ3n) is 6.10. The minimum atomic E-state index is -0.497. The van der Waals surface area contributed by atoms with E-state index in [-0.39, 0.29) is 23.3 Å². The average molecular weight is 437 g/mol. The molecule has 0 bridgehead atoms. The topological polar surface area (TPSA) is 49.4 Å². The Bertz CT molecular complexity index is 853. The van der Waals surface area contributed by atoms with E-state index in [1.165, 1.54) is 5.56 Å². The smallest absolute Gasteiger partial charge is 0.242 e. The van der Waals surface area contributed by atoms with Crippen LogP contribution in [0.15, 0.2) is 54.6 Å². The molecule has 0 aliphatic carbocycles. The number of carbonyl (C=O) groups excluding carboxylic acids is 2. The van der Waals surface area contributed by atoms with Crippen LogP contribution >= 0.6 is 0 Å². The first-order valence-electron chi connectivity index (χ1n) is 11.8. The van der Waals surface area contributed by atoms with Crippen molar-refractivity contribution in [1.29, 1.82) is 0 Å². The van der Waals surface area contributed by atoms with Crippen molar-refractivity contribution < 1.29 is 9.59 Å². The van der Waals surface area contributed by atoms with E-state index in [1.807, 2.05) is 39.0 Å². The van der Waals surface area contributed by atoms with Crippen molar-refractivity contribution >= 4 is 11.8 Å². The Morgan fingerprint density at radius 3 is 2.06 bits per heavy atom. The molecule has 0 fully saturated rings. The van der Waals surface area contributed by atoms with Crippen molar-refractivity contribution in [3.63, 3.8) is 0 Å². The molecule has 0 spiro atoms. The largest absolute Gasteiger partial charge is 0.352 e. The number of rotatable bonds is 10. The zero-order valence-electron chi connectivity index (χ0n) is 20.7. The second-order valence-electron chi connectivity index (χ2n) is 9.76. The van der Waals surface area contributed by atoms with Crippen molar-refractivity contribution in [2.24, 2.45) is 0 Å². The summed E-state index contributed by atoms with van der Waals surface area (Å²) in [6, 6.07) is 18.2. The Morgan fingerprint density at radius 2 is 1.50 bits per heavy atom. The quantitative estimate of drug-likeness (QED) is 0.550. The second kappa shape index (κ2) is 11.8. The molecule has 2 rings (SSSR count). The molecule has 2 amide bonds. The Balaban J connectivity index is 2.07. The van der Waals surface area contributed by atoms with Gasteiger partial charge < -0.3 is 10.2 Å². The van der Waals surface area contributed by atoms with E-state index in [9.17, 15) is 9.59 Å². The zero-order valence-corrected chi connectivity index (χ0v) is 20.7. The SMILES string of the molecule is CC[C@@H](C)NC(=O)[C@@H](C)N(CCc1ccccc1)C(=O)CCc1ccc(C(C)(C)C)cc1. The van der Waals surface area contributed by atoms with E-state index < -0.39 is 6.04 Å². The van der Waals surface area contributed by atoms with Gasteiger partial charge >= 0.3 is 0 Å². The lowest BCUT2D eigenvalue weighted by atomic mass is 9.86. The maximum Gasteiger partial charge on any atom is 0.242 e. The summed E-state index contributed by atoms with van der Waals surface area (Å²) in [6.07, 6.45) is 2.66. The Kier molecular flexibility index (Phi) is 9.49. The standard InChI is InChI=1S/C28H40N2O2/c1-7-21(2)29-27(32)22(3)30(20-19-23-11-9-8-10-12-23)26(31)18-15-24-13-16-25(17-14-24)28(4,5)6/h8-14,16-17,21-22H,7,15,18-20H2,1-6H3,(H,29,32)/t21-,22-/m1/s1. The molecule has 0 aromatic heterocycles. The normalized spacial score (nSPS) is 13.3. The fraction of sp³-hybridized carbons (Fsp3) is 0.500. The van der Waals surface area contributed by atoms with Gasteiger partial charge in [-0.05, 0) is 55.2 Å². The van der Waals surface area contributed by atoms with Crippen LogP contribution in [-0.4, -0.2) is 35.3 Å². The van der Waals surface area contributed by atoms with Crippen molar-refractivity contribution in [1.82, 2.24) is 10.2 Å². The van der Waals surface area contributed by atoms with Gasteiger partial charge in [0.25, 0.3) is 0 Å². The van der Waals surface area contributed by atoms with Gasteiger partial charge in [-0.15, -0.1) is 0 Å². The molecule has 2 atom stereocenters. The molecule has 0 saturated carbocycles. The maximum absolute atomic E-state index is 13.2. The van der Waals surface area contributed by atoms with E-state index in [0.717, 1.165) is 24.0 Å². The maximum atomic E-state index is 13.2. The Morgan fingerprint density at radius 1 is 0.906 bits per heavy atom. The van der Waals surface area contributed by atoms with E-state index in [1.54, 1.807) is 4.90 Å². The van der Waals surface area contributed by atoms with Crippen molar-refractivity contribution in [2.45, 2.75) is 84.7 Å². The Hall–Kier alpha value is -2.62. The van der Waals surface area contributed by atoms with Gasteiger partial charge in [-0.25, -0.2) is 0 Å². The van der Waals surface area contributed by atoms with E-state index in [2.05, 4.69) is 62.5 Å². The predicted octanol–water partition coefficient (Wildman–Crippen LogP) is 5.29. The minimum absolute atomic E-state index is 0.0210. The van der Waals surface area contributed by atoms with Gasteiger partial charge in [0.05, 0.1) is 0 Å². The summed E-state index contributed by atoms with van der Waals surface area (Å²) < 4.78 is 0. The monoisotopic (exact) mass is 436 g/mol. The number of nitrogens with zero attached hydrogens (tertiary/aromatic N) is 1. The summed E-state index contributed by atoms with van der Waals surface area (Å²) in [4.78, 5) is 27.7. The van der Waals surface area contributed by atoms with Gasteiger partial charge in [0.15, 0.2) is 0 Å². The van der Waals surface area contributed by atoms with Gasteiger partial charge in [-0.2, -0.15) is 0 Å². The lowest BCUT2D eigenvalue weighted by Crippen LogP contribution is -2.50. The van der Waals surface area contributed by atoms with Crippen LogP contribution in [0.2, 0.25) is 0 Å². The molecule has 0 radical (unpaired) electrons. The summed E-state index contributed by atoms with van der Waals surface area (Å²) in [5, 5.41) is 3.02. The van der Waals surface area contributed by atoms with Gasteiger partial charge in [0.2, 0.25) is 11.8 Å². The van der Waals surface area contributed by atoms with E-state index >= 15 is 0 Å². The molecule has 174 valence electrons. The molecule has 4 nitrogen and oxygen atoms in total. The van der Waals surface area contributed by atoms with Crippen molar-refractivity contribution in [3.05, 3.63) is 71.3 Å². The highest BCUT2D eigenvalue weighted by molar-refractivity contribution is 5.87. The number of hydrogen-bond acceptors (Lipinski definition) is 2. The molecule has 32 heavy (non-hydrogen) atoms. The Labute approximate surface area is 194 Å². The number of hydrogen-bond donors (Lipinski definition) is 1. The second-order valence-corrected chi connectivity index (χ2v) is 9.76. The van der Waals surface area contributed by atoms with Crippen LogP contribution in [0.3, 0.4) is 0 Å². The van der Waals surface area contributed by atoms with Crippen LogP contribution in [0.1, 0.15) is 71.1 Å². The number of aryl methyl sites for hydroxylation is 1. The van der Waals surface area contributed by atoms with Gasteiger partial charge in [0, 0.05) is 19.0 Å². The van der Waals surface area contributed by atoms with Crippen LogP contribution in [0.4, 0.5) is 0 Å². The summed E-state index contributed by atoms with van der Waals surface area (Å²) in [7, 11) is 0. The molecule has 0 aliphatic rings. The number of nitrogens with one attached hydrogen (secondary N) is 1. The van der Waals surface area contributed by atoms with Crippen molar-refractivity contribution in [3.8, 4) is 0 Å². The zero-order chi connectivity index (χ0) is 23.7. The number of carbonyl (C=O) groups is 2. The molecule has 0 saturated heterocycles. The van der Waals surface area contributed by atoms with Crippen LogP contribution in [0.5, 0.6) is 0 Å². The third-order valence-corrected chi connectivity index (χ3v) is 6.10. The molecule has 0 heterocycles. The summed E-state index contributed by atoms with van der Waals surface area (Å²) in [5.41, 5.74) is 3.71. The van der Waals surface area contributed by atoms with E-state index in [4.69, 9.17) is 0 Å². The van der Waals surface area contributed by atoms with Crippen LogP contribution in [0.25, 0.3) is 0 Å². The average Bonchev–Trinajstić information content (AvgIpc) is 2.77. The number of amides is 2. The first-order chi connectivity index (χ1) is 15.1. The van der Waals surface area contributed by atoms with Gasteiger partial charge in [-0.1, -0.05) is 82.3 Å². The fourth-order valence-corrected chi connectivity index (χ4v) is 3.60. The molecule has 1 N–H and O–H groups in total.